The molecule has 11 nitrogen and oxygen atoms in total. The van der Waals surface area contributed by atoms with Crippen LogP contribution in [0, 0.1) is 10.1 Å². The number of nitro groups is 1. The summed E-state index contributed by atoms with van der Waals surface area (Å²) >= 11 is 0. The van der Waals surface area contributed by atoms with Crippen LogP contribution in [0.15, 0.2) is 60.3 Å². The number of β-amino-alcohol motifs (C(OH)–C–C–N with tert-alkyl or cyclic N) is 1. The van der Waals surface area contributed by atoms with E-state index in [0.717, 1.165) is 17.0 Å². The number of nitro benzene ring substituents is 1. The average Bonchev–Trinajstić information content (AvgIpc) is 3.05. The molecule has 32 heavy (non-hydrogen) atoms. The Morgan fingerprint density at radius 2 is 1.81 bits per heavy atom. The zero-order valence-electron chi connectivity index (χ0n) is 16.5. The molecule has 0 saturated heterocycles. The number of anilines is 1. The van der Waals surface area contributed by atoms with Gasteiger partial charge in [0.2, 0.25) is 5.78 Å². The highest BCUT2D eigenvalue weighted by molar-refractivity contribution is 6.17. The smallest absolute Gasteiger partial charge is 0.338 e. The van der Waals surface area contributed by atoms with Gasteiger partial charge < -0.3 is 15.2 Å². The Kier molecular flexibility index (Phi) is 6.71. The zero-order valence-corrected chi connectivity index (χ0v) is 16.5. The maximum Gasteiger partial charge on any atom is 0.338 e. The number of rotatable bonds is 9. The Bertz CT molecular complexity index is 1140. The minimum atomic E-state index is -0.822. The molecule has 3 rings (SSSR count). The molecule has 2 aromatic carbocycles. The molecule has 0 spiro atoms. The summed E-state index contributed by atoms with van der Waals surface area (Å²) in [6.45, 7) is -1.12. The summed E-state index contributed by atoms with van der Waals surface area (Å²) in [5.74, 6) is -2.61. The van der Waals surface area contributed by atoms with Crippen molar-refractivity contribution in [2.75, 3.05) is 25.1 Å². The normalized spacial score (nSPS) is 13.0. The summed E-state index contributed by atoms with van der Waals surface area (Å²) in [6.07, 6.45) is 1.08. The predicted octanol–water partition coefficient (Wildman–Crippen LogP) is 1.29. The van der Waals surface area contributed by atoms with Gasteiger partial charge in [-0.25, -0.2) is 4.79 Å². The van der Waals surface area contributed by atoms with E-state index in [0.29, 0.717) is 5.69 Å². The van der Waals surface area contributed by atoms with Gasteiger partial charge in [-0.1, -0.05) is 18.2 Å². The first kappa shape index (κ1) is 22.3. The van der Waals surface area contributed by atoms with E-state index in [1.165, 1.54) is 36.4 Å². The van der Waals surface area contributed by atoms with Crippen LogP contribution in [-0.4, -0.2) is 58.3 Å². The number of hydrogen-bond acceptors (Lipinski definition) is 9. The van der Waals surface area contributed by atoms with Crippen molar-refractivity contribution in [1.82, 2.24) is 4.90 Å². The maximum absolute atomic E-state index is 12.3. The fourth-order valence-corrected chi connectivity index (χ4v) is 2.88. The van der Waals surface area contributed by atoms with E-state index in [9.17, 15) is 29.3 Å². The number of carbonyl (C=O) groups excluding carboxylic acids is 4. The van der Waals surface area contributed by atoms with E-state index in [4.69, 9.17) is 9.84 Å². The number of ether oxygens (including phenoxy) is 1. The molecule has 2 N–H and O–H groups in total. The van der Waals surface area contributed by atoms with Crippen LogP contribution in [0.2, 0.25) is 0 Å². The van der Waals surface area contributed by atoms with Crippen molar-refractivity contribution in [3.05, 3.63) is 81.5 Å². The molecule has 164 valence electrons. The Labute approximate surface area is 181 Å². The van der Waals surface area contributed by atoms with Crippen molar-refractivity contribution in [3.63, 3.8) is 0 Å². The van der Waals surface area contributed by atoms with Crippen LogP contribution in [-0.2, 0) is 14.3 Å². The molecular weight excluding hydrogens is 422 g/mol. The summed E-state index contributed by atoms with van der Waals surface area (Å²) in [5.41, 5.74) is 0.155. The van der Waals surface area contributed by atoms with E-state index in [1.54, 1.807) is 6.07 Å². The van der Waals surface area contributed by atoms with Crippen LogP contribution in [0.3, 0.4) is 0 Å². The van der Waals surface area contributed by atoms with Crippen LogP contribution in [0.4, 0.5) is 11.4 Å². The van der Waals surface area contributed by atoms with Crippen molar-refractivity contribution in [2.45, 2.75) is 0 Å². The van der Waals surface area contributed by atoms with Crippen LogP contribution < -0.4 is 5.32 Å². The van der Waals surface area contributed by atoms with Crippen LogP contribution in [0.25, 0.3) is 0 Å². The Morgan fingerprint density at radius 3 is 2.53 bits per heavy atom. The third-order valence-corrected chi connectivity index (χ3v) is 4.42. The monoisotopic (exact) mass is 439 g/mol. The molecule has 0 radical (unpaired) electrons. The van der Waals surface area contributed by atoms with Crippen molar-refractivity contribution >= 4 is 34.9 Å². The molecular formula is C21H17N3O8. The molecule has 1 aliphatic heterocycles. The quantitative estimate of drug-likeness (QED) is 0.193. The number of esters is 1. The van der Waals surface area contributed by atoms with Crippen molar-refractivity contribution in [1.29, 1.82) is 0 Å². The number of carbonyl (C=O) groups is 4. The fourth-order valence-electron chi connectivity index (χ4n) is 2.88. The number of benzene rings is 2. The molecule has 0 unspecified atom stereocenters. The lowest BCUT2D eigenvalue weighted by Gasteiger charge is -2.13. The first-order chi connectivity index (χ1) is 15.3. The molecule has 0 aromatic heterocycles. The van der Waals surface area contributed by atoms with Gasteiger partial charge >= 0.3 is 5.97 Å². The number of non-ortho nitro benzene ring substituents is 1. The summed E-state index contributed by atoms with van der Waals surface area (Å²) in [4.78, 5) is 59.6. The van der Waals surface area contributed by atoms with Gasteiger partial charge in [-0.05, 0) is 18.2 Å². The number of ketones is 1. The van der Waals surface area contributed by atoms with Gasteiger partial charge in [0.1, 0.15) is 5.70 Å². The second-order valence-corrected chi connectivity index (χ2v) is 6.59. The SMILES string of the molecule is O=C(COC(=O)c1cccc(NC2=CC(=O)N(CCO)C2=O)c1)c1cccc([N+](=O)[O-])c1. The summed E-state index contributed by atoms with van der Waals surface area (Å²) in [6, 6.07) is 10.9. The molecule has 0 saturated carbocycles. The highest BCUT2D eigenvalue weighted by Crippen LogP contribution is 2.19. The van der Waals surface area contributed by atoms with Gasteiger partial charge in [0.25, 0.3) is 17.5 Å². The maximum atomic E-state index is 12.3. The Hall–Kier alpha value is -4.38. The van der Waals surface area contributed by atoms with E-state index in [1.807, 2.05) is 0 Å². The number of Topliss-reactive ketones (excluding diaryl/α,β-unsaturated/α-hetero) is 1. The van der Waals surface area contributed by atoms with Gasteiger partial charge in [0.05, 0.1) is 23.6 Å². The molecule has 11 heteroatoms. The molecule has 0 bridgehead atoms. The highest BCUT2D eigenvalue weighted by Gasteiger charge is 2.30. The van der Waals surface area contributed by atoms with E-state index in [-0.39, 0.29) is 35.7 Å². The van der Waals surface area contributed by atoms with Gasteiger partial charge in [-0.2, -0.15) is 0 Å². The third kappa shape index (κ3) is 5.02. The number of imide groups is 1. The number of nitrogens with one attached hydrogen (secondary N) is 1. The molecule has 0 fully saturated rings. The van der Waals surface area contributed by atoms with Crippen LogP contribution in [0.5, 0.6) is 0 Å². The Balaban J connectivity index is 1.63. The topological polar surface area (TPSA) is 156 Å². The van der Waals surface area contributed by atoms with Crippen molar-refractivity contribution < 1.29 is 33.9 Å². The number of amides is 2. The molecule has 1 heterocycles. The minimum absolute atomic E-state index is 0.0187. The van der Waals surface area contributed by atoms with E-state index < -0.39 is 35.1 Å². The molecule has 1 aliphatic rings. The second kappa shape index (κ2) is 9.62. The number of aliphatic hydroxyl groups is 1. The molecule has 0 atom stereocenters. The van der Waals surface area contributed by atoms with Crippen LogP contribution >= 0.6 is 0 Å². The molecule has 2 amide bonds. The summed E-state index contributed by atoms with van der Waals surface area (Å²) in [5, 5.41) is 22.5. The molecule has 0 aliphatic carbocycles. The lowest BCUT2D eigenvalue weighted by Crippen LogP contribution is -2.34. The largest absolute Gasteiger partial charge is 0.454 e. The Morgan fingerprint density at radius 1 is 1.09 bits per heavy atom. The fraction of sp³-hybridized carbons (Fsp3) is 0.143. The standard InChI is InChI=1S/C21H17N3O8/c25-8-7-23-19(27)11-17(20(23)28)22-15-5-1-4-14(9-15)21(29)32-12-18(26)13-3-2-6-16(10-13)24(30)31/h1-6,9-11,22,25H,7-8,12H2. The molecule has 2 aromatic rings. The van der Waals surface area contributed by atoms with Gasteiger partial charge in [0.15, 0.2) is 6.61 Å². The van der Waals surface area contributed by atoms with Gasteiger partial charge in [-0.3, -0.25) is 29.4 Å². The summed E-state index contributed by atoms with van der Waals surface area (Å²) in [7, 11) is 0. The van der Waals surface area contributed by atoms with Gasteiger partial charge in [-0.15, -0.1) is 0 Å². The lowest BCUT2D eigenvalue weighted by molar-refractivity contribution is -0.384. The predicted molar refractivity (Wildman–Crippen MR) is 110 cm³/mol. The lowest BCUT2D eigenvalue weighted by atomic mass is 10.1. The first-order valence-corrected chi connectivity index (χ1v) is 9.30. The van der Waals surface area contributed by atoms with E-state index in [2.05, 4.69) is 5.32 Å². The number of nitrogens with zero attached hydrogens (tertiary/aromatic N) is 2. The third-order valence-electron chi connectivity index (χ3n) is 4.42. The van der Waals surface area contributed by atoms with Crippen molar-refractivity contribution in [3.8, 4) is 0 Å². The van der Waals surface area contributed by atoms with Gasteiger partial charge in [0, 0.05) is 29.5 Å². The second-order valence-electron chi connectivity index (χ2n) is 6.59. The summed E-state index contributed by atoms with van der Waals surface area (Å²) < 4.78 is 5.00. The zero-order chi connectivity index (χ0) is 23.3. The van der Waals surface area contributed by atoms with Crippen molar-refractivity contribution in [2.24, 2.45) is 0 Å². The van der Waals surface area contributed by atoms with E-state index >= 15 is 0 Å². The number of aliphatic hydroxyl groups excluding tert-OH is 1. The highest BCUT2D eigenvalue weighted by atomic mass is 16.6. The number of hydrogen-bond donors (Lipinski definition) is 2. The van der Waals surface area contributed by atoms with Crippen LogP contribution in [0.1, 0.15) is 20.7 Å². The first-order valence-electron chi connectivity index (χ1n) is 9.30. The minimum Gasteiger partial charge on any atom is -0.454 e. The average molecular weight is 439 g/mol.